The SMILES string of the molecule is CC(=O)Cc1nsc(N(Cc2cccs2)C2CC2)n1. The van der Waals surface area contributed by atoms with Gasteiger partial charge in [-0.15, -0.1) is 11.3 Å². The van der Waals surface area contributed by atoms with Gasteiger partial charge in [-0.1, -0.05) is 6.07 Å². The highest BCUT2D eigenvalue weighted by molar-refractivity contribution is 7.10. The average molecular weight is 293 g/mol. The van der Waals surface area contributed by atoms with Crippen LogP contribution in [0.3, 0.4) is 0 Å². The van der Waals surface area contributed by atoms with Gasteiger partial charge in [-0.2, -0.15) is 4.37 Å². The maximum atomic E-state index is 11.1. The van der Waals surface area contributed by atoms with Gasteiger partial charge in [0.2, 0.25) is 5.13 Å². The molecule has 3 rings (SSSR count). The Morgan fingerprint density at radius 3 is 3.00 bits per heavy atom. The molecule has 1 fully saturated rings. The molecule has 4 nitrogen and oxygen atoms in total. The molecule has 2 aromatic rings. The summed E-state index contributed by atoms with van der Waals surface area (Å²) in [6.07, 6.45) is 2.80. The van der Waals surface area contributed by atoms with Crippen LogP contribution in [0.5, 0.6) is 0 Å². The zero-order chi connectivity index (χ0) is 13.2. The van der Waals surface area contributed by atoms with Crippen molar-refractivity contribution in [3.8, 4) is 0 Å². The highest BCUT2D eigenvalue weighted by Crippen LogP contribution is 2.34. The first-order valence-electron chi connectivity index (χ1n) is 6.33. The van der Waals surface area contributed by atoms with Crippen molar-refractivity contribution < 1.29 is 4.79 Å². The van der Waals surface area contributed by atoms with E-state index in [1.165, 1.54) is 29.3 Å². The molecule has 0 unspecified atom stereocenters. The minimum atomic E-state index is 0.112. The minimum absolute atomic E-state index is 0.112. The van der Waals surface area contributed by atoms with Crippen LogP contribution in [0.4, 0.5) is 5.13 Å². The Balaban J connectivity index is 1.76. The minimum Gasteiger partial charge on any atom is -0.339 e. The molecule has 2 aromatic heterocycles. The normalized spacial score (nSPS) is 14.6. The van der Waals surface area contributed by atoms with Crippen molar-refractivity contribution in [1.29, 1.82) is 0 Å². The van der Waals surface area contributed by atoms with E-state index in [0.29, 0.717) is 18.3 Å². The summed E-state index contributed by atoms with van der Waals surface area (Å²) in [5, 5.41) is 3.05. The van der Waals surface area contributed by atoms with Gasteiger partial charge in [0, 0.05) is 22.5 Å². The maximum Gasteiger partial charge on any atom is 0.205 e. The zero-order valence-corrected chi connectivity index (χ0v) is 12.3. The maximum absolute atomic E-state index is 11.1. The summed E-state index contributed by atoms with van der Waals surface area (Å²) < 4.78 is 4.29. The van der Waals surface area contributed by atoms with Crippen molar-refractivity contribution in [3.63, 3.8) is 0 Å². The number of carbonyl (C=O) groups is 1. The van der Waals surface area contributed by atoms with E-state index in [2.05, 4.69) is 31.8 Å². The fourth-order valence-corrected chi connectivity index (χ4v) is 3.43. The number of thiophene rings is 1. The Hall–Kier alpha value is -1.27. The van der Waals surface area contributed by atoms with Crippen LogP contribution < -0.4 is 4.90 Å². The summed E-state index contributed by atoms with van der Waals surface area (Å²) in [4.78, 5) is 19.3. The lowest BCUT2D eigenvalue weighted by molar-refractivity contribution is -0.116. The molecule has 0 atom stereocenters. The topological polar surface area (TPSA) is 46.1 Å². The third-order valence-electron chi connectivity index (χ3n) is 3.00. The predicted octanol–water partition coefficient (Wildman–Crippen LogP) is 2.90. The smallest absolute Gasteiger partial charge is 0.205 e. The first-order chi connectivity index (χ1) is 9.22. The standard InChI is InChI=1S/C13H15N3OS2/c1-9(17)7-12-14-13(19-15-12)16(10-4-5-10)8-11-3-2-6-18-11/h2-3,6,10H,4-5,7-8H2,1H3. The number of aromatic nitrogens is 2. The third-order valence-corrected chi connectivity index (χ3v) is 4.66. The van der Waals surface area contributed by atoms with Crippen molar-refractivity contribution in [2.24, 2.45) is 0 Å². The predicted molar refractivity (Wildman–Crippen MR) is 77.8 cm³/mol. The second-order valence-electron chi connectivity index (χ2n) is 4.81. The van der Waals surface area contributed by atoms with E-state index in [0.717, 1.165) is 11.7 Å². The number of rotatable bonds is 6. The van der Waals surface area contributed by atoms with Gasteiger partial charge in [-0.05, 0) is 31.2 Å². The number of anilines is 1. The van der Waals surface area contributed by atoms with Gasteiger partial charge >= 0.3 is 0 Å². The molecular formula is C13H15N3OS2. The van der Waals surface area contributed by atoms with Crippen molar-refractivity contribution in [2.75, 3.05) is 4.90 Å². The molecule has 0 spiro atoms. The van der Waals surface area contributed by atoms with Crippen LogP contribution in [0.25, 0.3) is 0 Å². The zero-order valence-electron chi connectivity index (χ0n) is 10.7. The van der Waals surface area contributed by atoms with Crippen molar-refractivity contribution >= 4 is 33.8 Å². The van der Waals surface area contributed by atoms with Gasteiger partial charge in [0.15, 0.2) is 5.82 Å². The quantitative estimate of drug-likeness (QED) is 0.821. The number of carbonyl (C=O) groups excluding carboxylic acids is 1. The largest absolute Gasteiger partial charge is 0.339 e. The molecule has 2 heterocycles. The molecule has 0 aliphatic heterocycles. The molecular weight excluding hydrogens is 278 g/mol. The second kappa shape index (κ2) is 5.38. The lowest BCUT2D eigenvalue weighted by atomic mass is 10.3. The average Bonchev–Trinajstić information content (AvgIpc) is 2.87. The Morgan fingerprint density at radius 1 is 1.53 bits per heavy atom. The molecule has 0 aromatic carbocycles. The Labute approximate surface area is 120 Å². The van der Waals surface area contributed by atoms with Crippen molar-refractivity contribution in [2.45, 2.75) is 38.8 Å². The van der Waals surface area contributed by atoms with Crippen LogP contribution in [-0.4, -0.2) is 21.2 Å². The highest BCUT2D eigenvalue weighted by Gasteiger charge is 2.31. The van der Waals surface area contributed by atoms with Crippen LogP contribution in [0.2, 0.25) is 0 Å². The van der Waals surface area contributed by atoms with Gasteiger partial charge < -0.3 is 4.90 Å². The van der Waals surface area contributed by atoms with Gasteiger partial charge in [-0.3, -0.25) is 4.79 Å². The molecule has 0 bridgehead atoms. The van der Waals surface area contributed by atoms with E-state index < -0.39 is 0 Å². The molecule has 0 saturated heterocycles. The lowest BCUT2D eigenvalue weighted by Crippen LogP contribution is -2.24. The van der Waals surface area contributed by atoms with Crippen molar-refractivity contribution in [3.05, 3.63) is 28.2 Å². The highest BCUT2D eigenvalue weighted by atomic mass is 32.1. The van der Waals surface area contributed by atoms with Gasteiger partial charge in [0.25, 0.3) is 0 Å². The van der Waals surface area contributed by atoms with E-state index in [4.69, 9.17) is 0 Å². The summed E-state index contributed by atoms with van der Waals surface area (Å²) in [6, 6.07) is 4.82. The van der Waals surface area contributed by atoms with E-state index >= 15 is 0 Å². The van der Waals surface area contributed by atoms with Gasteiger partial charge in [0.05, 0.1) is 13.0 Å². The lowest BCUT2D eigenvalue weighted by Gasteiger charge is -2.19. The second-order valence-corrected chi connectivity index (χ2v) is 6.57. The molecule has 0 radical (unpaired) electrons. The summed E-state index contributed by atoms with van der Waals surface area (Å²) in [5.74, 6) is 0.768. The summed E-state index contributed by atoms with van der Waals surface area (Å²) in [7, 11) is 0. The van der Waals surface area contributed by atoms with E-state index in [-0.39, 0.29) is 5.78 Å². The fourth-order valence-electron chi connectivity index (χ4n) is 1.97. The number of nitrogens with zero attached hydrogens (tertiary/aromatic N) is 3. The first kappa shape index (κ1) is 12.7. The Bertz CT molecular complexity index is 560. The van der Waals surface area contributed by atoms with E-state index in [1.54, 1.807) is 18.3 Å². The van der Waals surface area contributed by atoms with Crippen molar-refractivity contribution in [1.82, 2.24) is 9.36 Å². The monoisotopic (exact) mass is 293 g/mol. The molecule has 0 amide bonds. The Kier molecular flexibility index (Phi) is 3.61. The van der Waals surface area contributed by atoms with Gasteiger partial charge in [-0.25, -0.2) is 4.98 Å². The summed E-state index contributed by atoms with van der Waals surface area (Å²) in [5.41, 5.74) is 0. The molecule has 1 aliphatic rings. The molecule has 1 saturated carbocycles. The van der Waals surface area contributed by atoms with Crippen LogP contribution in [0, 0.1) is 0 Å². The van der Waals surface area contributed by atoms with Crippen LogP contribution >= 0.6 is 22.9 Å². The van der Waals surface area contributed by atoms with Crippen LogP contribution in [-0.2, 0) is 17.8 Å². The molecule has 1 aliphatic carbocycles. The number of hydrogen-bond donors (Lipinski definition) is 0. The van der Waals surface area contributed by atoms with Crippen LogP contribution in [0.15, 0.2) is 17.5 Å². The molecule has 0 N–H and O–H groups in total. The van der Waals surface area contributed by atoms with Gasteiger partial charge in [0.1, 0.15) is 5.78 Å². The molecule has 6 heteroatoms. The Morgan fingerprint density at radius 2 is 2.37 bits per heavy atom. The fraction of sp³-hybridized carbons (Fsp3) is 0.462. The number of hydrogen-bond acceptors (Lipinski definition) is 6. The number of ketones is 1. The first-order valence-corrected chi connectivity index (χ1v) is 7.99. The van der Waals surface area contributed by atoms with E-state index in [9.17, 15) is 4.79 Å². The van der Waals surface area contributed by atoms with E-state index in [1.807, 2.05) is 0 Å². The van der Waals surface area contributed by atoms with Crippen LogP contribution in [0.1, 0.15) is 30.5 Å². The number of Topliss-reactive ketones (excluding diaryl/α,β-unsaturated/α-hetero) is 1. The summed E-state index contributed by atoms with van der Waals surface area (Å²) in [6.45, 7) is 2.47. The third kappa shape index (κ3) is 3.19. The molecule has 100 valence electrons. The molecule has 19 heavy (non-hydrogen) atoms. The summed E-state index contributed by atoms with van der Waals surface area (Å²) >= 11 is 3.18.